The summed E-state index contributed by atoms with van der Waals surface area (Å²) in [5, 5.41) is 21.3. The van der Waals surface area contributed by atoms with E-state index >= 15 is 0 Å². The highest BCUT2D eigenvalue weighted by Gasteiger charge is 2.36. The normalized spacial score (nSPS) is 19.3. The molecule has 5 rings (SSSR count). The van der Waals surface area contributed by atoms with Crippen molar-refractivity contribution >= 4 is 40.2 Å². The van der Waals surface area contributed by atoms with Crippen molar-refractivity contribution in [3.63, 3.8) is 0 Å². The maximum absolute atomic E-state index is 11.2. The van der Waals surface area contributed by atoms with Crippen molar-refractivity contribution in [2.24, 2.45) is 15.4 Å². The van der Waals surface area contributed by atoms with Crippen LogP contribution in [0.3, 0.4) is 0 Å². The van der Waals surface area contributed by atoms with Crippen LogP contribution in [-0.2, 0) is 4.79 Å². The largest absolute Gasteiger partial charge is 0.493 e. The van der Waals surface area contributed by atoms with Gasteiger partial charge in [0.1, 0.15) is 0 Å². The number of nitrogens with zero attached hydrogens (tertiary/aromatic N) is 2. The summed E-state index contributed by atoms with van der Waals surface area (Å²) in [5.41, 5.74) is 5.57. The van der Waals surface area contributed by atoms with E-state index in [4.69, 9.17) is 19.9 Å². The lowest BCUT2D eigenvalue weighted by Crippen LogP contribution is -2.36. The van der Waals surface area contributed by atoms with E-state index in [0.29, 0.717) is 47.0 Å². The third-order valence-corrected chi connectivity index (χ3v) is 7.23. The number of aliphatic imine (C=N–C) groups is 2. The highest BCUT2D eigenvalue weighted by Crippen LogP contribution is 2.38. The fourth-order valence-corrected chi connectivity index (χ4v) is 4.92. The van der Waals surface area contributed by atoms with Crippen molar-refractivity contribution in [3.8, 4) is 11.5 Å². The summed E-state index contributed by atoms with van der Waals surface area (Å²) in [6.45, 7) is 6.28. The third-order valence-electron chi connectivity index (χ3n) is 7.23. The molecular weight excluding hydrogens is 504 g/mol. The van der Waals surface area contributed by atoms with Crippen LogP contribution in [0.15, 0.2) is 101 Å². The van der Waals surface area contributed by atoms with Crippen LogP contribution >= 0.6 is 0 Å². The Morgan fingerprint density at radius 2 is 1.82 bits per heavy atom. The molecule has 1 unspecified atom stereocenters. The minimum absolute atomic E-state index is 0.301. The summed E-state index contributed by atoms with van der Waals surface area (Å²) in [4.78, 5) is 20.8. The number of benzene rings is 2. The maximum atomic E-state index is 11.2. The number of hydrogen-bond donors (Lipinski definition) is 3. The number of fused-ring (bicyclic) bond motifs is 1. The standard InChI is InChI=1S/C32H30N4O4/c1-19(28(33)20-8-10-21(11-9-20)31(37)38)22-6-5-7-23(16-22)25-18-32(2)14-15-34-29(32)30(36-25)35-24-12-13-26(39-3)27(17-24)40-4/h5-8,10,12-18,33H,1,9,11H2,2-4H3,(H,35,36)(H,37,38). The molecule has 2 aromatic carbocycles. The predicted octanol–water partition coefficient (Wildman–Crippen LogP) is 6.31. The molecule has 1 aliphatic carbocycles. The second-order valence-electron chi connectivity index (χ2n) is 9.88. The lowest BCUT2D eigenvalue weighted by Gasteiger charge is -2.28. The molecule has 0 fully saturated rings. The number of anilines is 1. The Labute approximate surface area is 233 Å². The molecule has 202 valence electrons. The Balaban J connectivity index is 1.45. The topological polar surface area (TPSA) is 116 Å². The highest BCUT2D eigenvalue weighted by molar-refractivity contribution is 6.50. The molecule has 2 aromatic rings. The van der Waals surface area contributed by atoms with E-state index in [9.17, 15) is 9.90 Å². The Kier molecular flexibility index (Phi) is 7.09. The third kappa shape index (κ3) is 5.03. The molecule has 0 amide bonds. The van der Waals surface area contributed by atoms with Crippen LogP contribution in [0.4, 0.5) is 5.69 Å². The molecule has 0 radical (unpaired) electrons. The Bertz CT molecular complexity index is 1620. The van der Waals surface area contributed by atoms with E-state index in [2.05, 4.69) is 29.9 Å². The van der Waals surface area contributed by atoms with Gasteiger partial charge in [-0.25, -0.2) is 9.79 Å². The van der Waals surface area contributed by atoms with E-state index in [1.54, 1.807) is 32.6 Å². The molecule has 2 aliphatic heterocycles. The van der Waals surface area contributed by atoms with Crippen LogP contribution in [0.2, 0.25) is 0 Å². The second-order valence-corrected chi connectivity index (χ2v) is 9.88. The monoisotopic (exact) mass is 534 g/mol. The number of carboxylic acids is 1. The van der Waals surface area contributed by atoms with E-state index in [0.717, 1.165) is 33.8 Å². The fourth-order valence-electron chi connectivity index (χ4n) is 4.92. The van der Waals surface area contributed by atoms with Gasteiger partial charge in [0.25, 0.3) is 0 Å². The van der Waals surface area contributed by atoms with Gasteiger partial charge in [0.05, 0.1) is 36.8 Å². The van der Waals surface area contributed by atoms with Crippen molar-refractivity contribution in [2.45, 2.75) is 19.8 Å². The van der Waals surface area contributed by atoms with Gasteiger partial charge in [0, 0.05) is 29.1 Å². The molecule has 3 N–H and O–H groups in total. The van der Waals surface area contributed by atoms with Crippen molar-refractivity contribution in [1.82, 2.24) is 0 Å². The molecule has 3 aliphatic rings. The average Bonchev–Trinajstić information content (AvgIpc) is 3.38. The summed E-state index contributed by atoms with van der Waals surface area (Å²) in [6, 6.07) is 13.4. The first-order chi connectivity index (χ1) is 19.2. The number of amidine groups is 1. The number of methoxy groups -OCH3 is 2. The number of hydrogen-bond acceptors (Lipinski definition) is 7. The van der Waals surface area contributed by atoms with Crippen LogP contribution in [-0.4, -0.2) is 42.6 Å². The predicted molar refractivity (Wildman–Crippen MR) is 160 cm³/mol. The molecule has 1 atom stereocenters. The zero-order valence-corrected chi connectivity index (χ0v) is 22.6. The Morgan fingerprint density at radius 3 is 2.52 bits per heavy atom. The van der Waals surface area contributed by atoms with Crippen molar-refractivity contribution < 1.29 is 19.4 Å². The molecule has 0 bridgehead atoms. The fraction of sp³-hybridized carbons (Fsp3) is 0.188. The lowest BCUT2D eigenvalue weighted by atomic mass is 9.81. The maximum Gasteiger partial charge on any atom is 0.331 e. The lowest BCUT2D eigenvalue weighted by molar-refractivity contribution is -0.132. The first-order valence-corrected chi connectivity index (χ1v) is 12.8. The van der Waals surface area contributed by atoms with Crippen LogP contribution in [0.5, 0.6) is 11.5 Å². The van der Waals surface area contributed by atoms with Gasteiger partial charge >= 0.3 is 5.97 Å². The number of aliphatic carboxylic acids is 1. The van der Waals surface area contributed by atoms with Gasteiger partial charge in [-0.2, -0.15) is 0 Å². The molecule has 0 aromatic heterocycles. The second kappa shape index (κ2) is 10.6. The highest BCUT2D eigenvalue weighted by atomic mass is 16.5. The summed E-state index contributed by atoms with van der Waals surface area (Å²) in [7, 11) is 3.19. The van der Waals surface area contributed by atoms with E-state index in [1.165, 1.54) is 0 Å². The molecule has 0 saturated carbocycles. The van der Waals surface area contributed by atoms with Crippen LogP contribution in [0, 0.1) is 10.8 Å². The quantitative estimate of drug-likeness (QED) is 0.343. The van der Waals surface area contributed by atoms with Crippen molar-refractivity contribution in [3.05, 3.63) is 102 Å². The van der Waals surface area contributed by atoms with Crippen LogP contribution in [0.25, 0.3) is 11.3 Å². The first-order valence-electron chi connectivity index (χ1n) is 12.8. The molecule has 0 saturated heterocycles. The molecule has 40 heavy (non-hydrogen) atoms. The van der Waals surface area contributed by atoms with Gasteiger partial charge in [-0.05, 0) is 60.8 Å². The smallest absolute Gasteiger partial charge is 0.331 e. The molecule has 0 spiro atoms. The van der Waals surface area contributed by atoms with Gasteiger partial charge in [0.15, 0.2) is 17.3 Å². The van der Waals surface area contributed by atoms with E-state index < -0.39 is 11.4 Å². The SMILES string of the molecule is C=C(C(=N)C1=CC=C(C(=O)O)CC1)c1cccc(C2=CC3(C)C=CN=C3C(Nc3ccc(OC)c(OC)c3)=N2)c1. The number of ether oxygens (including phenoxy) is 2. The zero-order valence-electron chi connectivity index (χ0n) is 22.6. The Hall–Kier alpha value is -4.98. The molecule has 8 heteroatoms. The van der Waals surface area contributed by atoms with Gasteiger partial charge in [0.2, 0.25) is 0 Å². The number of nitrogens with one attached hydrogen (secondary N) is 2. The summed E-state index contributed by atoms with van der Waals surface area (Å²) >= 11 is 0. The molecule has 8 nitrogen and oxygen atoms in total. The first kappa shape index (κ1) is 26.6. The minimum Gasteiger partial charge on any atom is -0.493 e. The Morgan fingerprint density at radius 1 is 1.07 bits per heavy atom. The van der Waals surface area contributed by atoms with Crippen LogP contribution in [0.1, 0.15) is 30.9 Å². The van der Waals surface area contributed by atoms with Crippen molar-refractivity contribution in [1.29, 1.82) is 5.41 Å². The summed E-state index contributed by atoms with van der Waals surface area (Å²) in [5.74, 6) is 0.940. The van der Waals surface area contributed by atoms with Gasteiger partial charge in [-0.1, -0.05) is 43.0 Å². The van der Waals surface area contributed by atoms with E-state index in [-0.39, 0.29) is 0 Å². The average molecular weight is 535 g/mol. The van der Waals surface area contributed by atoms with Gasteiger partial charge in [-0.3, -0.25) is 10.4 Å². The molecular formula is C32H30N4O4. The van der Waals surface area contributed by atoms with Gasteiger partial charge in [-0.15, -0.1) is 0 Å². The van der Waals surface area contributed by atoms with Crippen molar-refractivity contribution in [2.75, 3.05) is 19.5 Å². The van der Waals surface area contributed by atoms with E-state index in [1.807, 2.05) is 48.5 Å². The number of carbonyl (C=O) groups is 1. The van der Waals surface area contributed by atoms with Crippen LogP contribution < -0.4 is 14.8 Å². The van der Waals surface area contributed by atoms with Gasteiger partial charge < -0.3 is 19.9 Å². The number of carboxylic acid groups (broad SMARTS) is 1. The summed E-state index contributed by atoms with van der Waals surface area (Å²) in [6.07, 6.45) is 10.1. The minimum atomic E-state index is -0.923. The number of allylic oxidation sites excluding steroid dienone is 6. The number of rotatable bonds is 8. The molecule has 2 heterocycles. The summed E-state index contributed by atoms with van der Waals surface area (Å²) < 4.78 is 10.8. The zero-order chi connectivity index (χ0) is 28.4.